The van der Waals surface area contributed by atoms with E-state index in [0.717, 1.165) is 5.56 Å². The summed E-state index contributed by atoms with van der Waals surface area (Å²) in [4.78, 5) is 10.7. The van der Waals surface area contributed by atoms with Crippen molar-refractivity contribution in [2.24, 2.45) is 5.92 Å². The van der Waals surface area contributed by atoms with Gasteiger partial charge in [0.2, 0.25) is 0 Å². The Morgan fingerprint density at radius 2 is 1.57 bits per heavy atom. The highest BCUT2D eigenvalue weighted by atomic mass is 19.4. The molecule has 1 aliphatic rings. The SMILES string of the molecule is O=C(O)CCNCC1CCC(OCc2cc(C(F)(F)F)cc(C(F)(F)F)c2)C1c1ccc(F)cc1. The summed E-state index contributed by atoms with van der Waals surface area (Å²) in [6.45, 7) is 0.198. The number of hydrogen-bond donors (Lipinski definition) is 2. The van der Waals surface area contributed by atoms with Gasteiger partial charge in [0.05, 0.1) is 30.3 Å². The zero-order valence-corrected chi connectivity index (χ0v) is 18.4. The summed E-state index contributed by atoms with van der Waals surface area (Å²) in [5.41, 5.74) is -2.35. The van der Waals surface area contributed by atoms with Crippen LogP contribution in [0, 0.1) is 11.7 Å². The molecule has 192 valence electrons. The van der Waals surface area contributed by atoms with Gasteiger partial charge in [0.1, 0.15) is 5.82 Å². The number of carboxylic acids is 1. The summed E-state index contributed by atoms with van der Waals surface area (Å²) in [5.74, 6) is -1.77. The largest absolute Gasteiger partial charge is 0.481 e. The van der Waals surface area contributed by atoms with Crippen molar-refractivity contribution >= 4 is 5.97 Å². The van der Waals surface area contributed by atoms with Crippen LogP contribution in [0.2, 0.25) is 0 Å². The van der Waals surface area contributed by atoms with Gasteiger partial charge in [-0.05, 0) is 66.8 Å². The second kappa shape index (κ2) is 10.9. The lowest BCUT2D eigenvalue weighted by molar-refractivity contribution is -0.143. The molecule has 3 unspecified atom stereocenters. The lowest BCUT2D eigenvalue weighted by Gasteiger charge is -2.26. The lowest BCUT2D eigenvalue weighted by Crippen LogP contribution is -2.29. The van der Waals surface area contributed by atoms with Crippen LogP contribution < -0.4 is 5.32 Å². The number of benzene rings is 2. The first-order valence-corrected chi connectivity index (χ1v) is 10.9. The number of aliphatic carboxylic acids is 1. The Kier molecular flexibility index (Phi) is 8.42. The van der Waals surface area contributed by atoms with E-state index in [0.29, 0.717) is 31.5 Å². The van der Waals surface area contributed by atoms with Gasteiger partial charge in [-0.25, -0.2) is 4.39 Å². The lowest BCUT2D eigenvalue weighted by atomic mass is 9.87. The third-order valence-electron chi connectivity index (χ3n) is 6.02. The van der Waals surface area contributed by atoms with Crippen molar-refractivity contribution in [3.05, 3.63) is 70.5 Å². The summed E-state index contributed by atoms with van der Waals surface area (Å²) in [6.07, 6.45) is -9.40. The standard InChI is InChI=1S/C24H24F7NO3/c25-19-4-1-15(2-5-19)22-16(12-32-8-7-21(33)34)3-6-20(22)35-13-14-9-17(23(26,27)28)11-18(10-14)24(29,30)31/h1-2,4-5,9-11,16,20,22,32H,3,6-8,12-13H2,(H,33,34). The molecule has 3 atom stereocenters. The summed E-state index contributed by atoms with van der Waals surface area (Å²) < 4.78 is 98.3. The fourth-order valence-corrected chi connectivity index (χ4v) is 4.42. The molecule has 2 aromatic rings. The van der Waals surface area contributed by atoms with Crippen LogP contribution in [-0.4, -0.2) is 30.3 Å². The Morgan fingerprint density at radius 1 is 0.971 bits per heavy atom. The third-order valence-corrected chi connectivity index (χ3v) is 6.02. The molecule has 4 nitrogen and oxygen atoms in total. The average molecular weight is 507 g/mol. The van der Waals surface area contributed by atoms with Gasteiger partial charge in [-0.15, -0.1) is 0 Å². The third kappa shape index (κ3) is 7.41. The maximum absolute atomic E-state index is 13.4. The van der Waals surface area contributed by atoms with Gasteiger partial charge in [0.15, 0.2) is 0 Å². The molecule has 2 aromatic carbocycles. The van der Waals surface area contributed by atoms with Crippen molar-refractivity contribution in [1.82, 2.24) is 5.32 Å². The Labute approximate surface area is 197 Å². The van der Waals surface area contributed by atoms with E-state index in [-0.39, 0.29) is 36.4 Å². The number of hydrogen-bond acceptors (Lipinski definition) is 3. The minimum absolute atomic E-state index is 0.0495. The molecule has 0 bridgehead atoms. The van der Waals surface area contributed by atoms with Crippen molar-refractivity contribution in [3.63, 3.8) is 0 Å². The number of carbonyl (C=O) groups is 1. The van der Waals surface area contributed by atoms with E-state index in [4.69, 9.17) is 9.84 Å². The Balaban J connectivity index is 1.79. The molecule has 0 heterocycles. The van der Waals surface area contributed by atoms with Gasteiger partial charge < -0.3 is 15.2 Å². The second-order valence-electron chi connectivity index (χ2n) is 8.53. The average Bonchev–Trinajstić information content (AvgIpc) is 3.17. The predicted molar refractivity (Wildman–Crippen MR) is 112 cm³/mol. The van der Waals surface area contributed by atoms with Gasteiger partial charge >= 0.3 is 18.3 Å². The Bertz CT molecular complexity index is 973. The van der Waals surface area contributed by atoms with Gasteiger partial charge in [-0.1, -0.05) is 12.1 Å². The molecule has 1 fully saturated rings. The quantitative estimate of drug-likeness (QED) is 0.323. The molecule has 0 amide bonds. The highest BCUT2D eigenvalue weighted by Gasteiger charge is 2.39. The molecular formula is C24H24F7NO3. The smallest absolute Gasteiger partial charge is 0.416 e. The maximum atomic E-state index is 13.4. The van der Waals surface area contributed by atoms with Crippen LogP contribution in [0.3, 0.4) is 0 Å². The molecule has 0 aromatic heterocycles. The minimum Gasteiger partial charge on any atom is -0.481 e. The second-order valence-corrected chi connectivity index (χ2v) is 8.53. The van der Waals surface area contributed by atoms with Gasteiger partial charge in [-0.2, -0.15) is 26.3 Å². The molecule has 0 saturated heterocycles. The van der Waals surface area contributed by atoms with E-state index in [1.54, 1.807) is 12.1 Å². The zero-order chi connectivity index (χ0) is 25.8. The molecule has 0 radical (unpaired) electrons. The summed E-state index contributed by atoms with van der Waals surface area (Å²) in [5, 5.41) is 11.8. The Morgan fingerprint density at radius 3 is 2.11 bits per heavy atom. The van der Waals surface area contributed by atoms with Crippen LogP contribution in [0.25, 0.3) is 0 Å². The van der Waals surface area contributed by atoms with Crippen molar-refractivity contribution in [2.75, 3.05) is 13.1 Å². The highest BCUT2D eigenvalue weighted by Crippen LogP contribution is 2.42. The number of ether oxygens (including phenoxy) is 1. The first kappa shape index (κ1) is 26.9. The molecule has 1 saturated carbocycles. The van der Waals surface area contributed by atoms with Crippen LogP contribution >= 0.6 is 0 Å². The van der Waals surface area contributed by atoms with Crippen molar-refractivity contribution in [3.8, 4) is 0 Å². The first-order valence-electron chi connectivity index (χ1n) is 10.9. The van der Waals surface area contributed by atoms with Crippen LogP contribution in [0.15, 0.2) is 42.5 Å². The van der Waals surface area contributed by atoms with Crippen molar-refractivity contribution in [1.29, 1.82) is 0 Å². The number of nitrogens with one attached hydrogen (secondary N) is 1. The molecule has 35 heavy (non-hydrogen) atoms. The van der Waals surface area contributed by atoms with Gasteiger partial charge in [-0.3, -0.25) is 4.79 Å². The van der Waals surface area contributed by atoms with Crippen LogP contribution in [0.4, 0.5) is 30.7 Å². The molecule has 11 heteroatoms. The fourth-order valence-electron chi connectivity index (χ4n) is 4.42. The number of halogens is 7. The zero-order valence-electron chi connectivity index (χ0n) is 18.4. The summed E-state index contributed by atoms with van der Waals surface area (Å²) in [6, 6.07) is 7.02. The molecular weight excluding hydrogens is 483 g/mol. The van der Waals surface area contributed by atoms with E-state index < -0.39 is 48.0 Å². The Hall–Kier alpha value is -2.66. The molecule has 1 aliphatic carbocycles. The topological polar surface area (TPSA) is 58.6 Å². The highest BCUT2D eigenvalue weighted by molar-refractivity contribution is 5.66. The van der Waals surface area contributed by atoms with Crippen LogP contribution in [-0.2, 0) is 28.5 Å². The molecule has 0 spiro atoms. The van der Waals surface area contributed by atoms with Crippen LogP contribution in [0.5, 0.6) is 0 Å². The van der Waals surface area contributed by atoms with E-state index >= 15 is 0 Å². The number of carboxylic acid groups (broad SMARTS) is 1. The van der Waals surface area contributed by atoms with Gasteiger partial charge in [0, 0.05) is 12.5 Å². The molecule has 2 N–H and O–H groups in total. The first-order chi connectivity index (χ1) is 16.3. The molecule has 3 rings (SSSR count). The van der Waals surface area contributed by atoms with Crippen molar-refractivity contribution in [2.45, 2.75) is 50.2 Å². The van der Waals surface area contributed by atoms with E-state index in [2.05, 4.69) is 5.32 Å². The fraction of sp³-hybridized carbons (Fsp3) is 0.458. The monoisotopic (exact) mass is 507 g/mol. The summed E-state index contributed by atoms with van der Waals surface area (Å²) in [7, 11) is 0. The normalized spacial score (nSPS) is 20.8. The van der Waals surface area contributed by atoms with Crippen LogP contribution in [0.1, 0.15) is 47.4 Å². The van der Waals surface area contributed by atoms with E-state index in [1.807, 2.05) is 0 Å². The van der Waals surface area contributed by atoms with Crippen molar-refractivity contribution < 1.29 is 45.4 Å². The number of rotatable bonds is 9. The predicted octanol–water partition coefficient (Wildman–Crippen LogP) is 6.01. The maximum Gasteiger partial charge on any atom is 0.416 e. The number of alkyl halides is 6. The van der Waals surface area contributed by atoms with E-state index in [9.17, 15) is 35.5 Å². The minimum atomic E-state index is -4.95. The van der Waals surface area contributed by atoms with E-state index in [1.165, 1.54) is 12.1 Å². The molecule has 0 aliphatic heterocycles. The van der Waals surface area contributed by atoms with Gasteiger partial charge in [0.25, 0.3) is 0 Å². The summed E-state index contributed by atoms with van der Waals surface area (Å²) >= 11 is 0.